The summed E-state index contributed by atoms with van der Waals surface area (Å²) in [5, 5.41) is 14.4. The molecule has 1 aliphatic rings. The van der Waals surface area contributed by atoms with Gasteiger partial charge in [0.15, 0.2) is 0 Å². The molecule has 1 heterocycles. The topological polar surface area (TPSA) is 66.6 Å². The molecule has 0 spiro atoms. The minimum atomic E-state index is -0.653. The molecule has 1 saturated carbocycles. The molecule has 0 radical (unpaired) electrons. The minimum absolute atomic E-state index is 0.208. The summed E-state index contributed by atoms with van der Waals surface area (Å²) in [7, 11) is 0. The van der Waals surface area contributed by atoms with Crippen molar-refractivity contribution in [3.05, 3.63) is 88.7 Å². The lowest BCUT2D eigenvalue weighted by atomic mass is 9.84. The average molecular weight is 458 g/mol. The Labute approximate surface area is 202 Å². The minimum Gasteiger partial charge on any atom is -0.388 e. The van der Waals surface area contributed by atoms with Crippen LogP contribution in [0.2, 0.25) is 0 Å². The number of nitrogens with zero attached hydrogens (tertiary/aromatic N) is 2. The molecule has 1 amide bonds. The molecule has 1 aromatic heterocycles. The average Bonchev–Trinajstić information content (AvgIpc) is 3.16. The number of aryl methyl sites for hydroxylation is 1. The molecular formula is C29H35N3O2. The zero-order valence-electron chi connectivity index (χ0n) is 20.2. The van der Waals surface area contributed by atoms with Crippen LogP contribution in [0.4, 0.5) is 0 Å². The van der Waals surface area contributed by atoms with Crippen molar-refractivity contribution in [3.8, 4) is 5.69 Å². The summed E-state index contributed by atoms with van der Waals surface area (Å²) < 4.78 is 2.23. The number of aliphatic hydroxyl groups excluding tert-OH is 1. The summed E-state index contributed by atoms with van der Waals surface area (Å²) in [6, 6.07) is 20.5. The second-order valence-corrected chi connectivity index (χ2v) is 9.35. The van der Waals surface area contributed by atoms with Crippen LogP contribution < -0.4 is 5.43 Å². The van der Waals surface area contributed by atoms with Crippen LogP contribution in [0.15, 0.2) is 65.8 Å². The summed E-state index contributed by atoms with van der Waals surface area (Å²) in [6.45, 7) is 4.16. The SMILES string of the molecule is Cc1cc(/C=N\NC(=O)CC[C@H](O)c2ccccc2)c(C)n1-c1ccc(C2CCCCC2)cc1. The summed E-state index contributed by atoms with van der Waals surface area (Å²) >= 11 is 0. The number of amides is 1. The van der Waals surface area contributed by atoms with Crippen LogP contribution in [0.25, 0.3) is 5.69 Å². The Morgan fingerprint density at radius 2 is 1.79 bits per heavy atom. The zero-order valence-corrected chi connectivity index (χ0v) is 20.2. The van der Waals surface area contributed by atoms with E-state index in [4.69, 9.17) is 0 Å². The highest BCUT2D eigenvalue weighted by Gasteiger charge is 2.16. The number of rotatable bonds is 8. The van der Waals surface area contributed by atoms with E-state index in [1.165, 1.54) is 37.7 Å². The largest absolute Gasteiger partial charge is 0.388 e. The van der Waals surface area contributed by atoms with E-state index in [-0.39, 0.29) is 12.3 Å². The van der Waals surface area contributed by atoms with E-state index in [9.17, 15) is 9.90 Å². The lowest BCUT2D eigenvalue weighted by molar-refractivity contribution is -0.121. The fourth-order valence-corrected chi connectivity index (χ4v) is 4.99. The standard InChI is InChI=1S/C29H35N3O2/c1-21-19-26(20-30-31-29(34)18-17-28(33)25-11-7-4-8-12-25)22(2)32(21)27-15-13-24(14-16-27)23-9-5-3-6-10-23/h4,7-8,11-16,19-20,23,28,33H,3,5-6,9-10,17-18H2,1-2H3,(H,31,34)/b30-20-/t28-/m0/s1. The number of nitrogens with one attached hydrogen (secondary N) is 1. The number of hydrogen-bond acceptors (Lipinski definition) is 3. The van der Waals surface area contributed by atoms with Gasteiger partial charge in [0.05, 0.1) is 12.3 Å². The molecule has 34 heavy (non-hydrogen) atoms. The number of carbonyl (C=O) groups is 1. The van der Waals surface area contributed by atoms with Crippen LogP contribution in [0.3, 0.4) is 0 Å². The Kier molecular flexibility index (Phi) is 7.96. The van der Waals surface area contributed by atoms with Crippen molar-refractivity contribution in [2.75, 3.05) is 0 Å². The van der Waals surface area contributed by atoms with Crippen LogP contribution in [0.1, 0.15) is 85.0 Å². The molecule has 0 unspecified atom stereocenters. The molecule has 2 aromatic carbocycles. The lowest BCUT2D eigenvalue weighted by Crippen LogP contribution is -2.18. The molecule has 5 nitrogen and oxygen atoms in total. The van der Waals surface area contributed by atoms with E-state index in [2.05, 4.69) is 59.3 Å². The first-order chi connectivity index (χ1) is 16.5. The Bertz CT molecular complexity index is 1110. The first kappa shape index (κ1) is 24.0. The van der Waals surface area contributed by atoms with Gasteiger partial charge < -0.3 is 9.67 Å². The van der Waals surface area contributed by atoms with Gasteiger partial charge in [-0.05, 0) is 68.4 Å². The fraction of sp³-hybridized carbons (Fsp3) is 0.379. The van der Waals surface area contributed by atoms with Gasteiger partial charge in [0.1, 0.15) is 0 Å². The first-order valence-corrected chi connectivity index (χ1v) is 12.4. The van der Waals surface area contributed by atoms with E-state index in [0.717, 1.165) is 28.2 Å². The highest BCUT2D eigenvalue weighted by atomic mass is 16.3. The van der Waals surface area contributed by atoms with Gasteiger partial charge in [0.25, 0.3) is 0 Å². The molecule has 1 atom stereocenters. The molecule has 3 aromatic rings. The molecular weight excluding hydrogens is 422 g/mol. The lowest BCUT2D eigenvalue weighted by Gasteiger charge is -2.22. The van der Waals surface area contributed by atoms with Gasteiger partial charge in [-0.1, -0.05) is 61.7 Å². The number of hydrogen-bond donors (Lipinski definition) is 2. The van der Waals surface area contributed by atoms with E-state index in [1.54, 1.807) is 6.21 Å². The van der Waals surface area contributed by atoms with Crippen LogP contribution in [0.5, 0.6) is 0 Å². The number of benzene rings is 2. The molecule has 5 heteroatoms. The zero-order chi connectivity index (χ0) is 23.9. The Hall–Kier alpha value is -3.18. The van der Waals surface area contributed by atoms with Crippen molar-refractivity contribution < 1.29 is 9.90 Å². The predicted octanol–water partition coefficient (Wildman–Crippen LogP) is 6.11. The monoisotopic (exact) mass is 457 g/mol. The fourth-order valence-electron chi connectivity index (χ4n) is 4.99. The van der Waals surface area contributed by atoms with Crippen molar-refractivity contribution in [2.45, 2.75) is 70.8 Å². The maximum absolute atomic E-state index is 12.2. The van der Waals surface area contributed by atoms with Crippen molar-refractivity contribution >= 4 is 12.1 Å². The summed E-state index contributed by atoms with van der Waals surface area (Å²) in [5.74, 6) is 0.494. The maximum atomic E-state index is 12.2. The second kappa shape index (κ2) is 11.3. The maximum Gasteiger partial charge on any atom is 0.240 e. The smallest absolute Gasteiger partial charge is 0.240 e. The molecule has 2 N–H and O–H groups in total. The second-order valence-electron chi connectivity index (χ2n) is 9.35. The van der Waals surface area contributed by atoms with Gasteiger partial charge in [-0.2, -0.15) is 5.10 Å². The molecule has 4 rings (SSSR count). The quantitative estimate of drug-likeness (QED) is 0.317. The summed E-state index contributed by atoms with van der Waals surface area (Å²) in [6.07, 6.45) is 8.27. The summed E-state index contributed by atoms with van der Waals surface area (Å²) in [4.78, 5) is 12.2. The van der Waals surface area contributed by atoms with E-state index < -0.39 is 6.10 Å². The third-order valence-corrected chi connectivity index (χ3v) is 6.92. The molecule has 0 bridgehead atoms. The normalized spacial score (nSPS) is 15.5. The Morgan fingerprint density at radius 3 is 2.50 bits per heavy atom. The van der Waals surface area contributed by atoms with Crippen molar-refractivity contribution in [1.82, 2.24) is 9.99 Å². The molecule has 178 valence electrons. The number of aliphatic hydroxyl groups is 1. The Balaban J connectivity index is 1.35. The van der Waals surface area contributed by atoms with Gasteiger partial charge in [0, 0.05) is 29.1 Å². The third kappa shape index (κ3) is 5.84. The summed E-state index contributed by atoms with van der Waals surface area (Å²) in [5.41, 5.74) is 9.18. The van der Waals surface area contributed by atoms with E-state index >= 15 is 0 Å². The molecule has 1 fully saturated rings. The van der Waals surface area contributed by atoms with Gasteiger partial charge in [0.2, 0.25) is 5.91 Å². The number of hydrazone groups is 1. The van der Waals surface area contributed by atoms with Gasteiger partial charge in [-0.25, -0.2) is 5.43 Å². The Morgan fingerprint density at radius 1 is 1.09 bits per heavy atom. The molecule has 0 aliphatic heterocycles. The third-order valence-electron chi connectivity index (χ3n) is 6.92. The van der Waals surface area contributed by atoms with Gasteiger partial charge in [-0.15, -0.1) is 0 Å². The van der Waals surface area contributed by atoms with Crippen molar-refractivity contribution in [3.63, 3.8) is 0 Å². The van der Waals surface area contributed by atoms with Crippen molar-refractivity contribution in [1.29, 1.82) is 0 Å². The van der Waals surface area contributed by atoms with Gasteiger partial charge >= 0.3 is 0 Å². The first-order valence-electron chi connectivity index (χ1n) is 12.4. The van der Waals surface area contributed by atoms with Crippen LogP contribution >= 0.6 is 0 Å². The van der Waals surface area contributed by atoms with Gasteiger partial charge in [-0.3, -0.25) is 4.79 Å². The van der Waals surface area contributed by atoms with Crippen LogP contribution in [-0.4, -0.2) is 21.8 Å². The highest BCUT2D eigenvalue weighted by molar-refractivity contribution is 5.84. The number of carbonyl (C=O) groups excluding carboxylic acids is 1. The molecule has 1 aliphatic carbocycles. The molecule has 0 saturated heterocycles. The van der Waals surface area contributed by atoms with E-state index in [1.807, 2.05) is 30.3 Å². The number of aromatic nitrogens is 1. The van der Waals surface area contributed by atoms with Crippen LogP contribution in [0, 0.1) is 13.8 Å². The van der Waals surface area contributed by atoms with E-state index in [0.29, 0.717) is 12.3 Å². The highest BCUT2D eigenvalue weighted by Crippen LogP contribution is 2.33. The van der Waals surface area contributed by atoms with Crippen molar-refractivity contribution in [2.24, 2.45) is 5.10 Å². The van der Waals surface area contributed by atoms with Crippen LogP contribution in [-0.2, 0) is 4.79 Å². The predicted molar refractivity (Wildman–Crippen MR) is 137 cm³/mol.